The number of H-pyrrole nitrogens is 1. The highest BCUT2D eigenvalue weighted by Gasteiger charge is 2.20. The van der Waals surface area contributed by atoms with Gasteiger partial charge < -0.3 is 15.0 Å². The van der Waals surface area contributed by atoms with Gasteiger partial charge in [-0.2, -0.15) is 0 Å². The van der Waals surface area contributed by atoms with Gasteiger partial charge in [0.15, 0.2) is 0 Å². The first-order chi connectivity index (χ1) is 8.16. The summed E-state index contributed by atoms with van der Waals surface area (Å²) in [5.41, 5.74) is 1.65. The lowest BCUT2D eigenvalue weighted by Crippen LogP contribution is -2.34. The number of nitrogens with one attached hydrogen (secondary N) is 2. The summed E-state index contributed by atoms with van der Waals surface area (Å²) < 4.78 is 5.34. The van der Waals surface area contributed by atoms with Gasteiger partial charge in [-0.25, -0.2) is 0 Å². The van der Waals surface area contributed by atoms with Crippen LogP contribution in [0.3, 0.4) is 0 Å². The number of aromatic amines is 1. The number of amides is 1. The van der Waals surface area contributed by atoms with E-state index < -0.39 is 0 Å². The molecule has 2 unspecified atom stereocenters. The molecule has 2 atom stereocenters. The van der Waals surface area contributed by atoms with Crippen molar-refractivity contribution < 1.29 is 9.53 Å². The van der Waals surface area contributed by atoms with Crippen LogP contribution >= 0.6 is 0 Å². The Morgan fingerprint density at radius 2 is 2.53 bits per heavy atom. The SMILES string of the molecule is Cc1cc[nH]c1C(=O)NC(C)CC1CCOC1. The summed E-state index contributed by atoms with van der Waals surface area (Å²) in [6.07, 6.45) is 3.90. The van der Waals surface area contributed by atoms with Crippen LogP contribution in [0.15, 0.2) is 12.3 Å². The van der Waals surface area contributed by atoms with Gasteiger partial charge in [-0.15, -0.1) is 0 Å². The van der Waals surface area contributed by atoms with E-state index in [1.807, 2.05) is 13.0 Å². The number of carbonyl (C=O) groups is 1. The molecule has 0 aliphatic carbocycles. The third kappa shape index (κ3) is 3.09. The van der Waals surface area contributed by atoms with Crippen molar-refractivity contribution in [1.29, 1.82) is 0 Å². The van der Waals surface area contributed by atoms with Crippen LogP contribution in [0.2, 0.25) is 0 Å². The molecule has 17 heavy (non-hydrogen) atoms. The van der Waals surface area contributed by atoms with Gasteiger partial charge in [0.2, 0.25) is 0 Å². The molecule has 1 fully saturated rings. The molecule has 0 saturated carbocycles. The molecule has 2 heterocycles. The Labute approximate surface area is 102 Å². The summed E-state index contributed by atoms with van der Waals surface area (Å²) in [5.74, 6) is 0.578. The topological polar surface area (TPSA) is 54.1 Å². The number of ether oxygens (including phenoxy) is 1. The summed E-state index contributed by atoms with van der Waals surface area (Å²) in [5, 5.41) is 3.02. The molecular formula is C13H20N2O2. The zero-order chi connectivity index (χ0) is 12.3. The van der Waals surface area contributed by atoms with E-state index >= 15 is 0 Å². The van der Waals surface area contributed by atoms with Crippen LogP contribution in [0.25, 0.3) is 0 Å². The zero-order valence-corrected chi connectivity index (χ0v) is 10.5. The van der Waals surface area contributed by atoms with E-state index in [9.17, 15) is 4.79 Å². The molecule has 0 radical (unpaired) electrons. The largest absolute Gasteiger partial charge is 0.381 e. The van der Waals surface area contributed by atoms with Crippen molar-refractivity contribution in [1.82, 2.24) is 10.3 Å². The van der Waals surface area contributed by atoms with Crippen LogP contribution in [0.5, 0.6) is 0 Å². The molecule has 2 rings (SSSR count). The van der Waals surface area contributed by atoms with Gasteiger partial charge in [0.05, 0.1) is 0 Å². The maximum atomic E-state index is 11.9. The highest BCUT2D eigenvalue weighted by Crippen LogP contribution is 2.18. The summed E-state index contributed by atoms with van der Waals surface area (Å²) in [6, 6.07) is 2.10. The van der Waals surface area contributed by atoms with Crippen LogP contribution in [-0.2, 0) is 4.74 Å². The van der Waals surface area contributed by atoms with E-state index in [1.165, 1.54) is 0 Å². The van der Waals surface area contributed by atoms with Crippen LogP contribution in [0.4, 0.5) is 0 Å². The summed E-state index contributed by atoms with van der Waals surface area (Å²) >= 11 is 0. The standard InChI is InChI=1S/C13H20N2O2/c1-9-3-5-14-12(9)13(16)15-10(2)7-11-4-6-17-8-11/h3,5,10-11,14H,4,6-8H2,1-2H3,(H,15,16). The predicted molar refractivity (Wildman–Crippen MR) is 66.0 cm³/mol. The van der Waals surface area contributed by atoms with E-state index in [1.54, 1.807) is 6.20 Å². The molecule has 94 valence electrons. The van der Waals surface area contributed by atoms with E-state index in [0.717, 1.165) is 31.6 Å². The Kier molecular flexibility index (Phi) is 3.84. The molecular weight excluding hydrogens is 216 g/mol. The molecule has 1 aromatic rings. The molecule has 1 aliphatic rings. The van der Waals surface area contributed by atoms with Gasteiger partial charge in [0.25, 0.3) is 5.91 Å². The second-order valence-electron chi connectivity index (χ2n) is 4.88. The van der Waals surface area contributed by atoms with Crippen LogP contribution in [0, 0.1) is 12.8 Å². The summed E-state index contributed by atoms with van der Waals surface area (Å²) in [7, 11) is 0. The molecule has 0 spiro atoms. The van der Waals surface area contributed by atoms with Crippen LogP contribution in [-0.4, -0.2) is 30.1 Å². The number of aromatic nitrogens is 1. The van der Waals surface area contributed by atoms with E-state index in [0.29, 0.717) is 11.6 Å². The Bertz CT molecular complexity index is 381. The quantitative estimate of drug-likeness (QED) is 0.838. The molecule has 2 N–H and O–H groups in total. The Balaban J connectivity index is 1.83. The maximum absolute atomic E-state index is 11.9. The highest BCUT2D eigenvalue weighted by molar-refractivity contribution is 5.93. The first-order valence-corrected chi connectivity index (χ1v) is 6.19. The third-order valence-electron chi connectivity index (χ3n) is 3.27. The lowest BCUT2D eigenvalue weighted by atomic mass is 10.00. The van der Waals surface area contributed by atoms with Crippen molar-refractivity contribution in [2.24, 2.45) is 5.92 Å². The minimum atomic E-state index is -0.0149. The maximum Gasteiger partial charge on any atom is 0.268 e. The average molecular weight is 236 g/mol. The molecule has 4 heteroatoms. The van der Waals surface area contributed by atoms with Crippen molar-refractivity contribution in [2.75, 3.05) is 13.2 Å². The zero-order valence-electron chi connectivity index (χ0n) is 10.5. The van der Waals surface area contributed by atoms with Crippen LogP contribution in [0.1, 0.15) is 35.8 Å². The lowest BCUT2D eigenvalue weighted by Gasteiger charge is -2.16. The Morgan fingerprint density at radius 3 is 3.12 bits per heavy atom. The smallest absolute Gasteiger partial charge is 0.268 e. The third-order valence-corrected chi connectivity index (χ3v) is 3.27. The number of hydrogen-bond acceptors (Lipinski definition) is 2. The number of carbonyl (C=O) groups excluding carboxylic acids is 1. The Morgan fingerprint density at radius 1 is 1.71 bits per heavy atom. The predicted octanol–water partition coefficient (Wildman–Crippen LogP) is 1.87. The normalized spacial score (nSPS) is 21.4. The van der Waals surface area contributed by atoms with Crippen molar-refractivity contribution >= 4 is 5.91 Å². The second-order valence-corrected chi connectivity index (χ2v) is 4.88. The molecule has 1 saturated heterocycles. The minimum Gasteiger partial charge on any atom is -0.381 e. The van der Waals surface area contributed by atoms with E-state index in [2.05, 4.69) is 17.2 Å². The van der Waals surface area contributed by atoms with Gasteiger partial charge in [0, 0.05) is 25.5 Å². The van der Waals surface area contributed by atoms with Crippen molar-refractivity contribution in [3.05, 3.63) is 23.5 Å². The summed E-state index contributed by atoms with van der Waals surface area (Å²) in [6.45, 7) is 5.68. The molecule has 0 aromatic carbocycles. The van der Waals surface area contributed by atoms with Gasteiger partial charge >= 0.3 is 0 Å². The first kappa shape index (κ1) is 12.2. The first-order valence-electron chi connectivity index (χ1n) is 6.19. The Hall–Kier alpha value is -1.29. The minimum absolute atomic E-state index is 0.0149. The monoisotopic (exact) mass is 236 g/mol. The van der Waals surface area contributed by atoms with Crippen molar-refractivity contribution in [3.8, 4) is 0 Å². The van der Waals surface area contributed by atoms with Crippen molar-refractivity contribution in [3.63, 3.8) is 0 Å². The van der Waals surface area contributed by atoms with E-state index in [-0.39, 0.29) is 11.9 Å². The number of aryl methyl sites for hydroxylation is 1. The molecule has 0 bridgehead atoms. The fourth-order valence-corrected chi connectivity index (χ4v) is 2.32. The average Bonchev–Trinajstić information content (AvgIpc) is 2.88. The van der Waals surface area contributed by atoms with E-state index in [4.69, 9.17) is 4.74 Å². The molecule has 1 amide bonds. The number of hydrogen-bond donors (Lipinski definition) is 2. The van der Waals surface area contributed by atoms with Gasteiger partial charge in [-0.1, -0.05) is 0 Å². The number of rotatable bonds is 4. The fraction of sp³-hybridized carbons (Fsp3) is 0.615. The van der Waals surface area contributed by atoms with Crippen LogP contribution < -0.4 is 5.32 Å². The van der Waals surface area contributed by atoms with Gasteiger partial charge in [0.1, 0.15) is 5.69 Å². The van der Waals surface area contributed by atoms with Gasteiger partial charge in [-0.05, 0) is 44.2 Å². The summed E-state index contributed by atoms with van der Waals surface area (Å²) in [4.78, 5) is 14.9. The molecule has 4 nitrogen and oxygen atoms in total. The molecule has 1 aliphatic heterocycles. The van der Waals surface area contributed by atoms with Crippen molar-refractivity contribution in [2.45, 2.75) is 32.7 Å². The fourth-order valence-electron chi connectivity index (χ4n) is 2.32. The lowest BCUT2D eigenvalue weighted by molar-refractivity contribution is 0.0928. The highest BCUT2D eigenvalue weighted by atomic mass is 16.5. The van der Waals surface area contributed by atoms with Gasteiger partial charge in [-0.3, -0.25) is 4.79 Å². The second kappa shape index (κ2) is 5.36. The molecule has 1 aromatic heterocycles.